The highest BCUT2D eigenvalue weighted by Crippen LogP contribution is 2.16. The molecule has 0 spiro atoms. The first-order chi connectivity index (χ1) is 10.6. The first-order valence-electron chi connectivity index (χ1n) is 6.56. The van der Waals surface area contributed by atoms with Gasteiger partial charge in [0.1, 0.15) is 5.75 Å². The van der Waals surface area contributed by atoms with Crippen LogP contribution in [-0.2, 0) is 0 Å². The molecule has 0 unspecified atom stereocenters. The number of ketones is 1. The number of halogens is 1. The first-order valence-corrected chi connectivity index (χ1v) is 6.94. The molecule has 0 aliphatic heterocycles. The third-order valence-electron chi connectivity index (χ3n) is 2.88. The van der Waals surface area contributed by atoms with Gasteiger partial charge in [0.15, 0.2) is 5.78 Å². The number of methoxy groups -OCH3 is 1. The number of rotatable bonds is 5. The summed E-state index contributed by atoms with van der Waals surface area (Å²) in [5.41, 5.74) is 1.03. The smallest absolute Gasteiger partial charge is 0.319 e. The number of hydrogen-bond donors (Lipinski definition) is 2. The van der Waals surface area contributed by atoms with E-state index in [4.69, 9.17) is 16.3 Å². The van der Waals surface area contributed by atoms with Crippen molar-refractivity contribution >= 4 is 29.1 Å². The second kappa shape index (κ2) is 7.47. The van der Waals surface area contributed by atoms with E-state index in [1.54, 1.807) is 55.6 Å². The van der Waals surface area contributed by atoms with Gasteiger partial charge in [-0.2, -0.15) is 0 Å². The summed E-state index contributed by atoms with van der Waals surface area (Å²) in [6, 6.07) is 13.0. The van der Waals surface area contributed by atoms with E-state index in [9.17, 15) is 9.59 Å². The lowest BCUT2D eigenvalue weighted by atomic mass is 10.1. The van der Waals surface area contributed by atoms with Crippen LogP contribution in [0.3, 0.4) is 0 Å². The molecule has 0 aromatic heterocycles. The summed E-state index contributed by atoms with van der Waals surface area (Å²) in [5.74, 6) is 0.413. The van der Waals surface area contributed by atoms with Crippen molar-refractivity contribution in [3.05, 3.63) is 59.1 Å². The van der Waals surface area contributed by atoms with E-state index in [1.165, 1.54) is 0 Å². The van der Waals surface area contributed by atoms with Crippen molar-refractivity contribution in [2.45, 2.75) is 0 Å². The predicted molar refractivity (Wildman–Crippen MR) is 85.8 cm³/mol. The molecule has 2 amide bonds. The fourth-order valence-corrected chi connectivity index (χ4v) is 1.99. The minimum absolute atomic E-state index is 0.115. The van der Waals surface area contributed by atoms with Crippen LogP contribution < -0.4 is 15.4 Å². The normalized spacial score (nSPS) is 9.91. The Kier molecular flexibility index (Phi) is 5.38. The van der Waals surface area contributed by atoms with Crippen LogP contribution in [0.2, 0.25) is 5.02 Å². The van der Waals surface area contributed by atoms with Crippen LogP contribution in [0.1, 0.15) is 10.4 Å². The van der Waals surface area contributed by atoms with Gasteiger partial charge < -0.3 is 15.4 Å². The Morgan fingerprint density at radius 2 is 1.91 bits per heavy atom. The van der Waals surface area contributed by atoms with Gasteiger partial charge in [-0.05, 0) is 24.3 Å². The average Bonchev–Trinajstić information content (AvgIpc) is 2.52. The van der Waals surface area contributed by atoms with Gasteiger partial charge in [0.25, 0.3) is 0 Å². The summed E-state index contributed by atoms with van der Waals surface area (Å²) in [5, 5.41) is 5.61. The lowest BCUT2D eigenvalue weighted by Gasteiger charge is -2.08. The van der Waals surface area contributed by atoms with Crippen LogP contribution in [-0.4, -0.2) is 25.5 Å². The number of Topliss-reactive ketones (excluding diaryl/α,β-unsaturated/α-hetero) is 1. The van der Waals surface area contributed by atoms with Crippen LogP contribution in [0.15, 0.2) is 48.5 Å². The molecule has 0 radical (unpaired) electrons. The van der Waals surface area contributed by atoms with Crippen LogP contribution >= 0.6 is 11.6 Å². The zero-order valence-electron chi connectivity index (χ0n) is 11.9. The summed E-state index contributed by atoms with van der Waals surface area (Å²) in [7, 11) is 1.54. The molecule has 0 aliphatic rings. The van der Waals surface area contributed by atoms with Crippen molar-refractivity contribution in [2.75, 3.05) is 19.0 Å². The molecule has 2 aromatic carbocycles. The Morgan fingerprint density at radius 1 is 1.14 bits per heavy atom. The number of ether oxygens (including phenoxy) is 1. The standard InChI is InChI=1S/C16H15ClN2O3/c1-22-14-7-3-6-13(9-14)19-16(21)18-10-15(20)11-4-2-5-12(17)8-11/h2-9H,10H2,1H3,(H2,18,19,21). The summed E-state index contributed by atoms with van der Waals surface area (Å²) in [6.07, 6.45) is 0. The molecule has 114 valence electrons. The number of urea groups is 1. The second-order valence-electron chi connectivity index (χ2n) is 4.47. The monoisotopic (exact) mass is 318 g/mol. The maximum Gasteiger partial charge on any atom is 0.319 e. The van der Waals surface area contributed by atoms with Crippen molar-refractivity contribution in [3.63, 3.8) is 0 Å². The largest absolute Gasteiger partial charge is 0.497 e. The van der Waals surface area contributed by atoms with E-state index in [0.29, 0.717) is 22.0 Å². The van der Waals surface area contributed by atoms with Gasteiger partial charge in [-0.1, -0.05) is 29.8 Å². The Labute approximate surface area is 133 Å². The first kappa shape index (κ1) is 15.9. The van der Waals surface area contributed by atoms with Gasteiger partial charge in [0, 0.05) is 22.3 Å². The van der Waals surface area contributed by atoms with Crippen molar-refractivity contribution in [1.29, 1.82) is 0 Å². The Hall–Kier alpha value is -2.53. The van der Waals surface area contributed by atoms with Crippen LogP contribution in [0, 0.1) is 0 Å². The number of benzene rings is 2. The molecular weight excluding hydrogens is 304 g/mol. The molecule has 0 fully saturated rings. The molecule has 0 bridgehead atoms. The van der Waals surface area contributed by atoms with Gasteiger partial charge in [0.05, 0.1) is 13.7 Å². The number of anilines is 1. The number of hydrogen-bond acceptors (Lipinski definition) is 3. The van der Waals surface area contributed by atoms with Gasteiger partial charge >= 0.3 is 6.03 Å². The minimum atomic E-state index is -0.469. The Bertz CT molecular complexity index is 689. The Morgan fingerprint density at radius 3 is 2.64 bits per heavy atom. The zero-order chi connectivity index (χ0) is 15.9. The van der Waals surface area contributed by atoms with Gasteiger partial charge in [-0.15, -0.1) is 0 Å². The van der Waals surface area contributed by atoms with E-state index < -0.39 is 6.03 Å². The molecule has 0 heterocycles. The van der Waals surface area contributed by atoms with Crippen molar-refractivity contribution in [3.8, 4) is 5.75 Å². The van der Waals surface area contributed by atoms with E-state index in [0.717, 1.165) is 0 Å². The van der Waals surface area contributed by atoms with E-state index in [2.05, 4.69) is 10.6 Å². The molecule has 0 saturated carbocycles. The fourth-order valence-electron chi connectivity index (χ4n) is 1.80. The maximum absolute atomic E-state index is 11.9. The van der Waals surface area contributed by atoms with E-state index in [-0.39, 0.29) is 12.3 Å². The van der Waals surface area contributed by atoms with E-state index in [1.807, 2.05) is 0 Å². The lowest BCUT2D eigenvalue weighted by Crippen LogP contribution is -2.33. The van der Waals surface area contributed by atoms with Crippen LogP contribution in [0.5, 0.6) is 5.75 Å². The van der Waals surface area contributed by atoms with Crippen molar-refractivity contribution < 1.29 is 14.3 Å². The van der Waals surface area contributed by atoms with Gasteiger partial charge in [-0.25, -0.2) is 4.79 Å². The number of carbonyl (C=O) groups excluding carboxylic acids is 2. The molecule has 2 N–H and O–H groups in total. The summed E-state index contributed by atoms with van der Waals surface area (Å²) < 4.78 is 5.07. The second-order valence-corrected chi connectivity index (χ2v) is 4.91. The average molecular weight is 319 g/mol. The summed E-state index contributed by atoms with van der Waals surface area (Å²) >= 11 is 5.82. The van der Waals surface area contributed by atoms with Crippen LogP contribution in [0.4, 0.5) is 10.5 Å². The van der Waals surface area contributed by atoms with E-state index >= 15 is 0 Å². The molecule has 0 aliphatic carbocycles. The maximum atomic E-state index is 11.9. The molecule has 0 atom stereocenters. The quantitative estimate of drug-likeness (QED) is 0.831. The van der Waals surface area contributed by atoms with Gasteiger partial charge in [0.2, 0.25) is 0 Å². The molecule has 22 heavy (non-hydrogen) atoms. The molecular formula is C16H15ClN2O3. The highest BCUT2D eigenvalue weighted by Gasteiger charge is 2.09. The lowest BCUT2D eigenvalue weighted by molar-refractivity contribution is 0.0993. The third kappa shape index (κ3) is 4.49. The fraction of sp³-hybridized carbons (Fsp3) is 0.125. The number of carbonyl (C=O) groups is 2. The number of nitrogens with one attached hydrogen (secondary N) is 2. The third-order valence-corrected chi connectivity index (χ3v) is 3.12. The molecule has 2 aromatic rings. The predicted octanol–water partition coefficient (Wildman–Crippen LogP) is 3.35. The molecule has 6 heteroatoms. The minimum Gasteiger partial charge on any atom is -0.497 e. The summed E-state index contributed by atoms with van der Waals surface area (Å²) in [4.78, 5) is 23.7. The molecule has 0 saturated heterocycles. The highest BCUT2D eigenvalue weighted by molar-refractivity contribution is 6.31. The van der Waals surface area contributed by atoms with Crippen LogP contribution in [0.25, 0.3) is 0 Å². The van der Waals surface area contributed by atoms with Gasteiger partial charge in [-0.3, -0.25) is 4.79 Å². The molecule has 5 nitrogen and oxygen atoms in total. The zero-order valence-corrected chi connectivity index (χ0v) is 12.7. The SMILES string of the molecule is COc1cccc(NC(=O)NCC(=O)c2cccc(Cl)c2)c1. The van der Waals surface area contributed by atoms with Crippen molar-refractivity contribution in [1.82, 2.24) is 5.32 Å². The topological polar surface area (TPSA) is 67.4 Å². The molecule has 2 rings (SSSR count). The summed E-state index contributed by atoms with van der Waals surface area (Å²) in [6.45, 7) is -0.115. The van der Waals surface area contributed by atoms with Crippen molar-refractivity contribution in [2.24, 2.45) is 0 Å². The highest BCUT2D eigenvalue weighted by atomic mass is 35.5. The number of amides is 2. The Balaban J connectivity index is 1.88.